The number of carbonyl (C=O) groups excluding carboxylic acids is 2. The van der Waals surface area contributed by atoms with Gasteiger partial charge in [0.05, 0.1) is 19.0 Å². The van der Waals surface area contributed by atoms with Gasteiger partial charge in [0.2, 0.25) is 0 Å². The third kappa shape index (κ3) is 5.20. The van der Waals surface area contributed by atoms with Gasteiger partial charge in [-0.15, -0.1) is 0 Å². The van der Waals surface area contributed by atoms with Gasteiger partial charge in [-0.1, -0.05) is 23.7 Å². The molecule has 1 aromatic heterocycles. The van der Waals surface area contributed by atoms with Crippen LogP contribution in [-0.2, 0) is 4.79 Å². The minimum Gasteiger partial charge on any atom is -0.493 e. The van der Waals surface area contributed by atoms with Gasteiger partial charge < -0.3 is 9.47 Å². The zero-order chi connectivity index (χ0) is 20.8. The van der Waals surface area contributed by atoms with Crippen molar-refractivity contribution in [3.8, 4) is 22.8 Å². The van der Waals surface area contributed by atoms with Gasteiger partial charge in [-0.25, -0.2) is 5.43 Å². The van der Waals surface area contributed by atoms with Crippen molar-refractivity contribution in [3.05, 3.63) is 64.8 Å². The fourth-order valence-electron chi connectivity index (χ4n) is 2.44. The monoisotopic (exact) mass is 412 g/mol. The van der Waals surface area contributed by atoms with Gasteiger partial charge in [0, 0.05) is 17.5 Å². The van der Waals surface area contributed by atoms with Crippen molar-refractivity contribution in [2.75, 3.05) is 7.11 Å². The van der Waals surface area contributed by atoms with Gasteiger partial charge in [-0.3, -0.25) is 14.7 Å². The summed E-state index contributed by atoms with van der Waals surface area (Å²) in [5.74, 6) is -0.225. The number of benzene rings is 2. The standard InChI is InChI=1S/C20H17ClN4O4/c1-12(26)29-18-8-3-13(9-19(18)28-2)11-22-25-20(27)17-10-16(23-24-17)14-4-6-15(21)7-5-14/h3-11H,1-2H3,(H,23,24)(H,25,27)/b22-11+. The number of carbonyl (C=O) groups is 2. The maximum Gasteiger partial charge on any atom is 0.308 e. The molecule has 1 heterocycles. The van der Waals surface area contributed by atoms with Crippen LogP contribution >= 0.6 is 11.6 Å². The first-order valence-corrected chi connectivity index (χ1v) is 8.85. The fraction of sp³-hybridized carbons (Fsp3) is 0.100. The molecule has 148 valence electrons. The van der Waals surface area contributed by atoms with Crippen molar-refractivity contribution in [2.45, 2.75) is 6.92 Å². The van der Waals surface area contributed by atoms with Crippen LogP contribution in [0, 0.1) is 0 Å². The van der Waals surface area contributed by atoms with Crippen molar-refractivity contribution in [2.24, 2.45) is 5.10 Å². The van der Waals surface area contributed by atoms with Gasteiger partial charge in [0.15, 0.2) is 11.5 Å². The molecule has 0 saturated heterocycles. The number of hydrogen-bond acceptors (Lipinski definition) is 6. The molecule has 0 aliphatic carbocycles. The van der Waals surface area contributed by atoms with Crippen LogP contribution in [0.2, 0.25) is 5.02 Å². The van der Waals surface area contributed by atoms with Crippen LogP contribution in [-0.4, -0.2) is 35.4 Å². The molecule has 3 rings (SSSR count). The number of esters is 1. The number of ether oxygens (including phenoxy) is 2. The van der Waals surface area contributed by atoms with Gasteiger partial charge in [0.25, 0.3) is 5.91 Å². The predicted molar refractivity (Wildman–Crippen MR) is 108 cm³/mol. The molecule has 9 heteroatoms. The SMILES string of the molecule is COc1cc(/C=N/NC(=O)c2cc(-c3ccc(Cl)cc3)n[nH]2)ccc1OC(C)=O. The summed E-state index contributed by atoms with van der Waals surface area (Å²) in [6, 6.07) is 13.6. The van der Waals surface area contributed by atoms with Crippen LogP contribution < -0.4 is 14.9 Å². The number of hydrogen-bond donors (Lipinski definition) is 2. The molecular weight excluding hydrogens is 396 g/mol. The number of H-pyrrole nitrogens is 1. The fourth-order valence-corrected chi connectivity index (χ4v) is 2.56. The molecule has 0 atom stereocenters. The minimum atomic E-state index is -0.450. The summed E-state index contributed by atoms with van der Waals surface area (Å²) in [4.78, 5) is 23.3. The van der Waals surface area contributed by atoms with E-state index in [9.17, 15) is 9.59 Å². The van der Waals surface area contributed by atoms with Crippen LogP contribution in [0.3, 0.4) is 0 Å². The first kappa shape index (κ1) is 20.1. The third-order valence-electron chi connectivity index (χ3n) is 3.78. The molecule has 29 heavy (non-hydrogen) atoms. The lowest BCUT2D eigenvalue weighted by Gasteiger charge is -2.08. The first-order valence-electron chi connectivity index (χ1n) is 8.47. The number of halogens is 1. The summed E-state index contributed by atoms with van der Waals surface area (Å²) in [7, 11) is 1.46. The number of nitrogens with zero attached hydrogens (tertiary/aromatic N) is 2. The van der Waals surface area contributed by atoms with Gasteiger partial charge in [-0.2, -0.15) is 10.2 Å². The lowest BCUT2D eigenvalue weighted by atomic mass is 10.1. The van der Waals surface area contributed by atoms with Crippen LogP contribution in [0.1, 0.15) is 23.0 Å². The van der Waals surface area contributed by atoms with Crippen LogP contribution in [0.5, 0.6) is 11.5 Å². The smallest absolute Gasteiger partial charge is 0.308 e. The van der Waals surface area contributed by atoms with Gasteiger partial charge in [0.1, 0.15) is 5.69 Å². The first-order chi connectivity index (χ1) is 14.0. The Kier molecular flexibility index (Phi) is 6.25. The Morgan fingerprint density at radius 3 is 2.59 bits per heavy atom. The van der Waals surface area contributed by atoms with E-state index in [4.69, 9.17) is 21.1 Å². The second-order valence-electron chi connectivity index (χ2n) is 5.88. The van der Waals surface area contributed by atoms with Crippen molar-refractivity contribution in [1.82, 2.24) is 15.6 Å². The van der Waals surface area contributed by atoms with E-state index in [1.54, 1.807) is 36.4 Å². The maximum absolute atomic E-state index is 12.2. The maximum atomic E-state index is 12.2. The van der Waals surface area contributed by atoms with E-state index in [0.717, 1.165) is 5.56 Å². The molecule has 0 aliphatic rings. The molecule has 0 unspecified atom stereocenters. The van der Waals surface area contributed by atoms with Crippen LogP contribution in [0.4, 0.5) is 0 Å². The Hall–Kier alpha value is -3.65. The highest BCUT2D eigenvalue weighted by Gasteiger charge is 2.11. The summed E-state index contributed by atoms with van der Waals surface area (Å²) < 4.78 is 10.2. The number of methoxy groups -OCH3 is 1. The van der Waals surface area contributed by atoms with Crippen molar-refractivity contribution in [1.29, 1.82) is 0 Å². The quantitative estimate of drug-likeness (QED) is 0.279. The van der Waals surface area contributed by atoms with Crippen molar-refractivity contribution >= 4 is 29.7 Å². The van der Waals surface area contributed by atoms with E-state index in [0.29, 0.717) is 27.8 Å². The summed E-state index contributed by atoms with van der Waals surface area (Å²) in [5.41, 5.74) is 4.76. The average Bonchev–Trinajstić information content (AvgIpc) is 3.19. The zero-order valence-corrected chi connectivity index (χ0v) is 16.4. The van der Waals surface area contributed by atoms with E-state index in [2.05, 4.69) is 20.7 Å². The Labute approximate surface area is 171 Å². The molecule has 2 N–H and O–H groups in total. The van der Waals surface area contributed by atoms with E-state index in [1.807, 2.05) is 12.1 Å². The minimum absolute atomic E-state index is 0.259. The Balaban J connectivity index is 1.65. The lowest BCUT2D eigenvalue weighted by molar-refractivity contribution is -0.132. The number of aromatic nitrogens is 2. The molecule has 0 spiro atoms. The van der Waals surface area contributed by atoms with Gasteiger partial charge in [-0.05, 0) is 42.0 Å². The number of hydrazone groups is 1. The number of aromatic amines is 1. The molecule has 3 aromatic rings. The topological polar surface area (TPSA) is 106 Å². The molecule has 0 fully saturated rings. The van der Waals surface area contributed by atoms with E-state index >= 15 is 0 Å². The zero-order valence-electron chi connectivity index (χ0n) is 15.6. The van der Waals surface area contributed by atoms with Crippen molar-refractivity contribution in [3.63, 3.8) is 0 Å². The summed E-state index contributed by atoms with van der Waals surface area (Å²) in [6.45, 7) is 1.30. The average molecular weight is 413 g/mol. The Bertz CT molecular complexity index is 1060. The van der Waals surface area contributed by atoms with E-state index < -0.39 is 11.9 Å². The number of rotatable bonds is 6. The molecule has 0 bridgehead atoms. The molecular formula is C20H17ClN4O4. The largest absolute Gasteiger partial charge is 0.493 e. The Morgan fingerprint density at radius 2 is 1.90 bits per heavy atom. The Morgan fingerprint density at radius 1 is 1.14 bits per heavy atom. The lowest BCUT2D eigenvalue weighted by Crippen LogP contribution is -2.18. The third-order valence-corrected chi connectivity index (χ3v) is 4.04. The summed E-state index contributed by atoms with van der Waals surface area (Å²) in [5, 5.41) is 11.3. The van der Waals surface area contributed by atoms with Gasteiger partial charge >= 0.3 is 5.97 Å². The highest BCUT2D eigenvalue weighted by molar-refractivity contribution is 6.30. The molecule has 0 aliphatic heterocycles. The molecule has 1 amide bonds. The van der Waals surface area contributed by atoms with Crippen molar-refractivity contribution < 1.29 is 19.1 Å². The molecule has 0 saturated carbocycles. The second-order valence-corrected chi connectivity index (χ2v) is 6.31. The van der Waals surface area contributed by atoms with Crippen LogP contribution in [0.25, 0.3) is 11.3 Å². The summed E-state index contributed by atoms with van der Waals surface area (Å²) >= 11 is 5.87. The van der Waals surface area contributed by atoms with E-state index in [-0.39, 0.29) is 5.69 Å². The molecule has 2 aromatic carbocycles. The second kappa shape index (κ2) is 9.03. The molecule has 0 radical (unpaired) electrons. The number of nitrogens with one attached hydrogen (secondary N) is 2. The highest BCUT2D eigenvalue weighted by atomic mass is 35.5. The normalized spacial score (nSPS) is 10.7. The molecule has 8 nitrogen and oxygen atoms in total. The predicted octanol–water partition coefficient (Wildman–Crippen LogP) is 3.43. The highest BCUT2D eigenvalue weighted by Crippen LogP contribution is 2.27. The van der Waals surface area contributed by atoms with E-state index in [1.165, 1.54) is 20.2 Å². The van der Waals surface area contributed by atoms with Crippen LogP contribution in [0.15, 0.2) is 53.6 Å². The summed E-state index contributed by atoms with van der Waals surface area (Å²) in [6.07, 6.45) is 1.44. The number of amides is 1.